The van der Waals surface area contributed by atoms with Crippen molar-refractivity contribution in [2.75, 3.05) is 0 Å². The monoisotopic (exact) mass is 152 g/mol. The highest BCUT2D eigenvalue weighted by atomic mass is 35.5. The van der Waals surface area contributed by atoms with Gasteiger partial charge in [0.1, 0.15) is 0 Å². The summed E-state index contributed by atoms with van der Waals surface area (Å²) in [5, 5.41) is 1.61. The number of primary amides is 1. The summed E-state index contributed by atoms with van der Waals surface area (Å²) in [7, 11) is 0. The van der Waals surface area contributed by atoms with Crippen LogP contribution in [0.4, 0.5) is 9.59 Å². The van der Waals surface area contributed by atoms with E-state index in [1.807, 2.05) is 0 Å². The molecule has 0 spiro atoms. The third-order valence-corrected chi connectivity index (χ3v) is 0.578. The minimum absolute atomic E-state index is 0.185. The van der Waals surface area contributed by atoms with Crippen molar-refractivity contribution in [3.8, 4) is 0 Å². The highest BCUT2D eigenvalue weighted by molar-refractivity contribution is 6.21. The molecule has 0 radical (unpaired) electrons. The number of nitrogens with one attached hydrogen (secondary N) is 1. The maximum Gasteiger partial charge on any atom is 0.354 e. The van der Waals surface area contributed by atoms with Crippen molar-refractivity contribution >= 4 is 23.8 Å². The molecule has 0 saturated heterocycles. The number of amides is 4. The van der Waals surface area contributed by atoms with Crippen LogP contribution >= 0.6 is 11.8 Å². The van der Waals surface area contributed by atoms with Crippen LogP contribution in [0, 0.1) is 0 Å². The van der Waals surface area contributed by atoms with Crippen LogP contribution in [0.1, 0.15) is 0 Å². The minimum Gasteiger partial charge on any atom is -0.351 e. The van der Waals surface area contributed by atoms with Gasteiger partial charge >= 0.3 is 12.1 Å². The molecule has 7 heteroatoms. The Hall–Kier alpha value is -1.01. The first-order valence-corrected chi connectivity index (χ1v) is 2.19. The second-order valence-corrected chi connectivity index (χ2v) is 1.47. The van der Waals surface area contributed by atoms with E-state index in [0.29, 0.717) is 0 Å². The van der Waals surface area contributed by atoms with Gasteiger partial charge in [-0.25, -0.2) is 15.4 Å². The molecular weight excluding hydrogens is 148 g/mol. The molecule has 4 amide bonds. The van der Waals surface area contributed by atoms with Crippen LogP contribution in [0.5, 0.6) is 0 Å². The predicted octanol–water partition coefficient (Wildman–Crippen LogP) is -0.896. The Labute approximate surface area is 55.8 Å². The van der Waals surface area contributed by atoms with Crippen molar-refractivity contribution in [1.29, 1.82) is 0 Å². The van der Waals surface area contributed by atoms with Gasteiger partial charge in [0.15, 0.2) is 0 Å². The molecule has 0 aliphatic heterocycles. The molecule has 0 unspecified atom stereocenters. The zero-order valence-electron chi connectivity index (χ0n) is 4.30. The van der Waals surface area contributed by atoms with E-state index in [4.69, 9.17) is 11.8 Å². The number of hydrazine groups is 1. The lowest BCUT2D eigenvalue weighted by atomic mass is 10.9. The number of carbonyl (C=O) groups is 2. The molecule has 0 heterocycles. The fourth-order valence-electron chi connectivity index (χ4n) is 0.159. The lowest BCUT2D eigenvalue weighted by Gasteiger charge is -2.03. The van der Waals surface area contributed by atoms with E-state index in [0.717, 1.165) is 0 Å². The highest BCUT2D eigenvalue weighted by Crippen LogP contribution is 1.81. The zero-order chi connectivity index (χ0) is 7.44. The van der Waals surface area contributed by atoms with E-state index in [9.17, 15) is 9.59 Å². The van der Waals surface area contributed by atoms with Crippen molar-refractivity contribution in [2.45, 2.75) is 0 Å². The van der Waals surface area contributed by atoms with Crippen LogP contribution in [0.3, 0.4) is 0 Å². The molecule has 0 saturated carbocycles. The number of halogens is 1. The Bertz CT molecular complexity index is 135. The quantitative estimate of drug-likeness (QED) is 0.182. The second-order valence-electron chi connectivity index (χ2n) is 1.11. The number of hydrogen-bond donors (Lipinski definition) is 3. The Balaban J connectivity index is 3.64. The first-order valence-electron chi connectivity index (χ1n) is 1.85. The molecule has 0 aliphatic rings. The number of hydrogen-bond acceptors (Lipinski definition) is 3. The van der Waals surface area contributed by atoms with Gasteiger partial charge in [-0.1, -0.05) is 0 Å². The topological polar surface area (TPSA) is 101 Å². The summed E-state index contributed by atoms with van der Waals surface area (Å²) in [6.07, 6.45) is 0. The van der Waals surface area contributed by atoms with Crippen molar-refractivity contribution < 1.29 is 9.59 Å². The molecule has 0 aromatic heterocycles. The Kier molecular flexibility index (Phi) is 2.75. The molecule has 9 heavy (non-hydrogen) atoms. The summed E-state index contributed by atoms with van der Waals surface area (Å²) in [5.41, 5.74) is 4.52. The van der Waals surface area contributed by atoms with Crippen LogP contribution in [-0.4, -0.2) is 16.6 Å². The average Bonchev–Trinajstić information content (AvgIpc) is 1.63. The van der Waals surface area contributed by atoms with Gasteiger partial charge in [-0.2, -0.15) is 4.53 Å². The summed E-state index contributed by atoms with van der Waals surface area (Å²) in [6.45, 7) is 0. The Morgan fingerprint density at radius 3 is 2.11 bits per heavy atom. The highest BCUT2D eigenvalue weighted by Gasteiger charge is 2.06. The number of nitrogens with zero attached hydrogens (tertiary/aromatic N) is 1. The van der Waals surface area contributed by atoms with Crippen LogP contribution in [0.15, 0.2) is 0 Å². The minimum atomic E-state index is -1.00. The molecular formula is C2H5ClN4O2. The van der Waals surface area contributed by atoms with Crippen LogP contribution < -0.4 is 16.9 Å². The lowest BCUT2D eigenvalue weighted by molar-refractivity contribution is 0.219. The maximum atomic E-state index is 10.2. The van der Waals surface area contributed by atoms with E-state index >= 15 is 0 Å². The average molecular weight is 153 g/mol. The van der Waals surface area contributed by atoms with Gasteiger partial charge in [0.25, 0.3) is 0 Å². The summed E-state index contributed by atoms with van der Waals surface area (Å²) >= 11 is 4.86. The van der Waals surface area contributed by atoms with Crippen molar-refractivity contribution in [1.82, 2.24) is 9.84 Å². The summed E-state index contributed by atoms with van der Waals surface area (Å²) in [5.74, 6) is 4.66. The molecule has 0 aromatic carbocycles. The van der Waals surface area contributed by atoms with Gasteiger partial charge < -0.3 is 5.73 Å². The van der Waals surface area contributed by atoms with Gasteiger partial charge in [0, 0.05) is 11.8 Å². The first-order chi connectivity index (χ1) is 4.04. The molecule has 0 bridgehead atoms. The molecule has 5 N–H and O–H groups in total. The molecule has 0 aliphatic carbocycles. The van der Waals surface area contributed by atoms with E-state index in [2.05, 4.69) is 11.6 Å². The van der Waals surface area contributed by atoms with Crippen LogP contribution in [-0.2, 0) is 0 Å². The molecule has 6 nitrogen and oxygen atoms in total. The van der Waals surface area contributed by atoms with E-state index in [1.165, 1.54) is 0 Å². The SMILES string of the molecule is NC(=O)NC(=O)N(N)Cl. The molecule has 52 valence electrons. The number of imide groups is 1. The first kappa shape index (κ1) is 7.99. The maximum absolute atomic E-state index is 10.2. The van der Waals surface area contributed by atoms with E-state index in [1.54, 1.807) is 5.32 Å². The van der Waals surface area contributed by atoms with Crippen LogP contribution in [0.2, 0.25) is 0 Å². The van der Waals surface area contributed by atoms with Gasteiger partial charge in [0.2, 0.25) is 0 Å². The lowest BCUT2D eigenvalue weighted by Crippen LogP contribution is -2.43. The molecule has 0 aromatic rings. The van der Waals surface area contributed by atoms with Crippen molar-refractivity contribution in [3.63, 3.8) is 0 Å². The van der Waals surface area contributed by atoms with Crippen LogP contribution in [0.25, 0.3) is 0 Å². The summed E-state index contributed by atoms with van der Waals surface area (Å²) in [6, 6.07) is -1.97. The number of urea groups is 2. The largest absolute Gasteiger partial charge is 0.354 e. The molecule has 0 atom stereocenters. The predicted molar refractivity (Wildman–Crippen MR) is 30.0 cm³/mol. The molecule has 0 fully saturated rings. The van der Waals surface area contributed by atoms with Crippen molar-refractivity contribution in [3.05, 3.63) is 0 Å². The molecule has 0 rings (SSSR count). The van der Waals surface area contributed by atoms with E-state index < -0.39 is 12.1 Å². The third kappa shape index (κ3) is 3.56. The van der Waals surface area contributed by atoms with Gasteiger partial charge in [-0.05, 0) is 0 Å². The van der Waals surface area contributed by atoms with Crippen molar-refractivity contribution in [2.24, 2.45) is 11.6 Å². The fraction of sp³-hybridized carbons (Fsp3) is 0. The van der Waals surface area contributed by atoms with Gasteiger partial charge in [-0.15, -0.1) is 0 Å². The normalized spacial score (nSPS) is 8.22. The fourth-order valence-corrected chi connectivity index (χ4v) is 0.201. The smallest absolute Gasteiger partial charge is 0.351 e. The van der Waals surface area contributed by atoms with E-state index in [-0.39, 0.29) is 4.53 Å². The Morgan fingerprint density at radius 1 is 1.56 bits per heavy atom. The summed E-state index contributed by atoms with van der Waals surface area (Å²) in [4.78, 5) is 20.1. The Morgan fingerprint density at radius 2 is 2.00 bits per heavy atom. The summed E-state index contributed by atoms with van der Waals surface area (Å²) < 4.78 is 0.185. The van der Waals surface area contributed by atoms with Gasteiger partial charge in [-0.3, -0.25) is 5.32 Å². The number of carbonyl (C=O) groups excluding carboxylic acids is 2. The van der Waals surface area contributed by atoms with Gasteiger partial charge in [0.05, 0.1) is 0 Å². The number of nitrogens with two attached hydrogens (primary N) is 2. The standard InChI is InChI=1S/C2H5ClN4O2/c3-7(5)2(9)6-1(4)8/h5H2,(H3,4,6,8,9). The number of rotatable bonds is 0. The third-order valence-electron chi connectivity index (χ3n) is 0.424. The zero-order valence-corrected chi connectivity index (χ0v) is 5.05. The second kappa shape index (κ2) is 3.10.